The Morgan fingerprint density at radius 3 is 2.75 bits per heavy atom. The number of nitrogens with zero attached hydrogens (tertiary/aromatic N) is 4. The minimum absolute atomic E-state index is 0.227. The van der Waals surface area contributed by atoms with Crippen molar-refractivity contribution in [2.45, 2.75) is 52.6 Å². The fourth-order valence-electron chi connectivity index (χ4n) is 4.02. The van der Waals surface area contributed by atoms with Crippen molar-refractivity contribution in [3.63, 3.8) is 0 Å². The van der Waals surface area contributed by atoms with Crippen molar-refractivity contribution in [3.05, 3.63) is 68.9 Å². The first-order chi connectivity index (χ1) is 15.5. The van der Waals surface area contributed by atoms with E-state index in [9.17, 15) is 14.0 Å². The highest BCUT2D eigenvalue weighted by Crippen LogP contribution is 2.18. The van der Waals surface area contributed by atoms with E-state index in [0.29, 0.717) is 30.4 Å². The number of aromatic nitrogens is 6. The van der Waals surface area contributed by atoms with Crippen molar-refractivity contribution in [3.8, 4) is 11.4 Å². The Labute approximate surface area is 184 Å². The molecule has 0 saturated heterocycles. The predicted molar refractivity (Wildman–Crippen MR) is 121 cm³/mol. The normalized spacial score (nSPS) is 12.5. The molecule has 9 heteroatoms. The van der Waals surface area contributed by atoms with Crippen LogP contribution in [0.3, 0.4) is 0 Å². The van der Waals surface area contributed by atoms with E-state index in [2.05, 4.69) is 33.9 Å². The Kier molecular flexibility index (Phi) is 6.34. The molecule has 0 aliphatic heterocycles. The Morgan fingerprint density at radius 1 is 1.16 bits per heavy atom. The van der Waals surface area contributed by atoms with Gasteiger partial charge in [0.2, 0.25) is 0 Å². The minimum Gasteiger partial charge on any atom is -0.332 e. The fraction of sp³-hybridized carbons (Fsp3) is 0.391. The molecule has 3 heterocycles. The molecular formula is C23H27FN6O2. The summed E-state index contributed by atoms with van der Waals surface area (Å²) in [7, 11) is 0. The summed E-state index contributed by atoms with van der Waals surface area (Å²) in [6, 6.07) is 6.33. The van der Waals surface area contributed by atoms with E-state index in [-0.39, 0.29) is 22.5 Å². The molecule has 1 atom stereocenters. The molecule has 32 heavy (non-hydrogen) atoms. The lowest BCUT2D eigenvalue weighted by Gasteiger charge is -2.13. The third-order valence-corrected chi connectivity index (χ3v) is 5.81. The minimum atomic E-state index is -0.450. The molecular weight excluding hydrogens is 411 g/mol. The summed E-state index contributed by atoms with van der Waals surface area (Å²) in [5.41, 5.74) is 1.11. The SMILES string of the molecule is CCCC(CC)CCn1c(=O)[nH]c2nc(-c3cnn(Cc4cccc(F)c4)c3)[nH]c2c1=O. The van der Waals surface area contributed by atoms with Gasteiger partial charge in [0.1, 0.15) is 17.2 Å². The summed E-state index contributed by atoms with van der Waals surface area (Å²) < 4.78 is 16.3. The van der Waals surface area contributed by atoms with Crippen LogP contribution >= 0.6 is 0 Å². The van der Waals surface area contributed by atoms with E-state index in [4.69, 9.17) is 0 Å². The van der Waals surface area contributed by atoms with Crippen molar-refractivity contribution in [1.29, 1.82) is 0 Å². The Hall–Kier alpha value is -3.49. The number of benzene rings is 1. The monoisotopic (exact) mass is 438 g/mol. The van der Waals surface area contributed by atoms with Crippen LogP contribution in [0.1, 0.15) is 45.1 Å². The van der Waals surface area contributed by atoms with Crippen molar-refractivity contribution in [2.75, 3.05) is 0 Å². The van der Waals surface area contributed by atoms with Gasteiger partial charge in [0.05, 0.1) is 18.3 Å². The van der Waals surface area contributed by atoms with Crippen LogP contribution in [-0.4, -0.2) is 29.3 Å². The zero-order valence-electron chi connectivity index (χ0n) is 18.3. The van der Waals surface area contributed by atoms with E-state index in [1.165, 1.54) is 16.7 Å². The third-order valence-electron chi connectivity index (χ3n) is 5.81. The second kappa shape index (κ2) is 9.33. The topological polar surface area (TPSA) is 101 Å². The predicted octanol–water partition coefficient (Wildman–Crippen LogP) is 3.68. The Bertz CT molecular complexity index is 1330. The van der Waals surface area contributed by atoms with Crippen LogP contribution in [0.25, 0.3) is 22.6 Å². The summed E-state index contributed by atoms with van der Waals surface area (Å²) in [5, 5.41) is 4.30. The van der Waals surface area contributed by atoms with Gasteiger partial charge in [-0.05, 0) is 30.0 Å². The molecule has 0 aliphatic carbocycles. The molecule has 3 aromatic heterocycles. The number of rotatable bonds is 9. The zero-order chi connectivity index (χ0) is 22.7. The van der Waals surface area contributed by atoms with E-state index >= 15 is 0 Å². The first-order valence-corrected chi connectivity index (χ1v) is 11.0. The number of nitrogens with one attached hydrogen (secondary N) is 2. The van der Waals surface area contributed by atoms with Crippen LogP contribution in [0.15, 0.2) is 46.2 Å². The second-order valence-corrected chi connectivity index (χ2v) is 8.10. The van der Waals surface area contributed by atoms with Gasteiger partial charge in [-0.15, -0.1) is 0 Å². The maximum atomic E-state index is 13.4. The van der Waals surface area contributed by atoms with Gasteiger partial charge in [-0.2, -0.15) is 5.10 Å². The number of imidazole rings is 1. The molecule has 0 saturated carbocycles. The number of fused-ring (bicyclic) bond motifs is 1. The number of aromatic amines is 2. The zero-order valence-corrected chi connectivity index (χ0v) is 18.3. The molecule has 4 rings (SSSR count). The van der Waals surface area contributed by atoms with Gasteiger partial charge in [-0.1, -0.05) is 45.2 Å². The van der Waals surface area contributed by atoms with Gasteiger partial charge >= 0.3 is 5.69 Å². The highest BCUT2D eigenvalue weighted by molar-refractivity contribution is 5.74. The average Bonchev–Trinajstić information content (AvgIpc) is 3.40. The van der Waals surface area contributed by atoms with Crippen molar-refractivity contribution < 1.29 is 4.39 Å². The number of hydrogen-bond donors (Lipinski definition) is 2. The van der Waals surface area contributed by atoms with Crippen LogP contribution in [0.4, 0.5) is 4.39 Å². The molecule has 2 N–H and O–H groups in total. The van der Waals surface area contributed by atoms with Gasteiger partial charge in [-0.25, -0.2) is 14.2 Å². The Morgan fingerprint density at radius 2 is 2.00 bits per heavy atom. The van der Waals surface area contributed by atoms with Gasteiger partial charge in [-0.3, -0.25) is 19.0 Å². The molecule has 0 radical (unpaired) electrons. The quantitative estimate of drug-likeness (QED) is 0.416. The maximum absolute atomic E-state index is 13.4. The van der Waals surface area contributed by atoms with Gasteiger partial charge in [0.15, 0.2) is 5.65 Å². The molecule has 0 bridgehead atoms. The first-order valence-electron chi connectivity index (χ1n) is 11.0. The third kappa shape index (κ3) is 4.56. The maximum Gasteiger partial charge on any atom is 0.330 e. The molecule has 0 amide bonds. The number of hydrogen-bond acceptors (Lipinski definition) is 4. The van der Waals surface area contributed by atoms with Crippen LogP contribution in [0.2, 0.25) is 0 Å². The smallest absolute Gasteiger partial charge is 0.330 e. The summed E-state index contributed by atoms with van der Waals surface area (Å²) in [4.78, 5) is 35.6. The fourth-order valence-corrected chi connectivity index (χ4v) is 4.02. The first kappa shape index (κ1) is 21.7. The highest BCUT2D eigenvalue weighted by atomic mass is 19.1. The number of H-pyrrole nitrogens is 2. The largest absolute Gasteiger partial charge is 0.332 e. The molecule has 0 fully saturated rings. The van der Waals surface area contributed by atoms with Crippen LogP contribution in [0, 0.1) is 11.7 Å². The molecule has 4 aromatic rings. The lowest BCUT2D eigenvalue weighted by atomic mass is 9.97. The van der Waals surface area contributed by atoms with E-state index in [0.717, 1.165) is 31.2 Å². The van der Waals surface area contributed by atoms with Crippen molar-refractivity contribution >= 4 is 11.2 Å². The summed E-state index contributed by atoms with van der Waals surface area (Å²) in [6.07, 6.45) is 7.35. The number of halogens is 1. The van der Waals surface area contributed by atoms with E-state index in [1.54, 1.807) is 23.1 Å². The standard InChI is InChI=1S/C23H27FN6O2/c1-3-6-15(4-2)9-10-30-22(31)19-21(28-23(30)32)27-20(26-19)17-12-25-29(14-17)13-16-7-5-8-18(24)11-16/h5,7-8,11-12,14-15H,3-4,6,9-10,13H2,1-2H3,(H,26,27)(H,28,32). The summed E-state index contributed by atoms with van der Waals surface area (Å²) in [6.45, 7) is 5.05. The second-order valence-electron chi connectivity index (χ2n) is 8.10. The molecule has 1 aromatic carbocycles. The van der Waals surface area contributed by atoms with Gasteiger partial charge < -0.3 is 4.98 Å². The van der Waals surface area contributed by atoms with Crippen LogP contribution < -0.4 is 11.2 Å². The average molecular weight is 439 g/mol. The lowest BCUT2D eigenvalue weighted by Crippen LogP contribution is -2.35. The molecule has 1 unspecified atom stereocenters. The van der Waals surface area contributed by atoms with E-state index < -0.39 is 5.69 Å². The molecule has 168 valence electrons. The highest BCUT2D eigenvalue weighted by Gasteiger charge is 2.15. The lowest BCUT2D eigenvalue weighted by molar-refractivity contribution is 0.396. The summed E-state index contributed by atoms with van der Waals surface area (Å²) in [5.74, 6) is 0.629. The van der Waals surface area contributed by atoms with Gasteiger partial charge in [0, 0.05) is 12.7 Å². The Balaban J connectivity index is 1.59. The van der Waals surface area contributed by atoms with Crippen molar-refractivity contribution in [2.24, 2.45) is 5.92 Å². The molecule has 8 nitrogen and oxygen atoms in total. The van der Waals surface area contributed by atoms with Gasteiger partial charge in [0.25, 0.3) is 5.56 Å². The molecule has 0 spiro atoms. The van der Waals surface area contributed by atoms with Crippen LogP contribution in [0.5, 0.6) is 0 Å². The van der Waals surface area contributed by atoms with Crippen LogP contribution in [-0.2, 0) is 13.1 Å². The molecule has 0 aliphatic rings. The van der Waals surface area contributed by atoms with Crippen molar-refractivity contribution in [1.82, 2.24) is 29.3 Å². The summed E-state index contributed by atoms with van der Waals surface area (Å²) >= 11 is 0. The van der Waals surface area contributed by atoms with E-state index in [1.807, 2.05) is 6.07 Å².